The smallest absolute Gasteiger partial charge is 0.118 e. The van der Waals surface area contributed by atoms with Crippen LogP contribution in [0.4, 0.5) is 0 Å². The minimum atomic E-state index is -0.0420. The van der Waals surface area contributed by atoms with Crippen LogP contribution >= 0.6 is 0 Å². The van der Waals surface area contributed by atoms with Gasteiger partial charge >= 0.3 is 0 Å². The van der Waals surface area contributed by atoms with E-state index in [9.17, 15) is 0 Å². The number of hydrogen-bond acceptors (Lipinski definition) is 1. The van der Waals surface area contributed by atoms with E-state index in [-0.39, 0.29) is 5.41 Å². The first-order chi connectivity index (χ1) is 8.68. The van der Waals surface area contributed by atoms with Crippen LogP contribution in [0.3, 0.4) is 0 Å². The molecule has 2 rings (SSSR count). The first-order valence-corrected chi connectivity index (χ1v) is 6.40. The Bertz CT molecular complexity index is 491. The second kappa shape index (κ2) is 5.26. The van der Waals surface area contributed by atoms with Gasteiger partial charge in [-0.05, 0) is 36.6 Å². The molecular weight excluding hydrogens is 220 g/mol. The molecule has 0 bridgehead atoms. The Balaban J connectivity index is 2.31. The molecule has 1 aromatic rings. The second-order valence-electron chi connectivity index (χ2n) is 4.80. The standard InChI is InChI=1S/C17H20O/c1-4-14-6-5-12-17(2,13-11-14)15-7-9-16(18-3)10-8-15/h5-13H,4H2,1-3H3. The highest BCUT2D eigenvalue weighted by Crippen LogP contribution is 2.31. The summed E-state index contributed by atoms with van der Waals surface area (Å²) in [4.78, 5) is 0. The van der Waals surface area contributed by atoms with Gasteiger partial charge in [0.2, 0.25) is 0 Å². The topological polar surface area (TPSA) is 9.23 Å². The number of ether oxygens (including phenoxy) is 1. The molecule has 0 radical (unpaired) electrons. The third-order valence-electron chi connectivity index (χ3n) is 3.52. The van der Waals surface area contributed by atoms with E-state index in [1.54, 1.807) is 7.11 Å². The predicted molar refractivity (Wildman–Crippen MR) is 77.0 cm³/mol. The summed E-state index contributed by atoms with van der Waals surface area (Å²) in [5.41, 5.74) is 2.60. The zero-order valence-electron chi connectivity index (χ0n) is 11.3. The Hall–Kier alpha value is -1.76. The molecule has 0 fully saturated rings. The van der Waals surface area contributed by atoms with E-state index in [0.29, 0.717) is 0 Å². The average molecular weight is 240 g/mol. The van der Waals surface area contributed by atoms with Gasteiger partial charge in [-0.15, -0.1) is 0 Å². The van der Waals surface area contributed by atoms with Gasteiger partial charge in [0.15, 0.2) is 0 Å². The third-order valence-corrected chi connectivity index (χ3v) is 3.52. The summed E-state index contributed by atoms with van der Waals surface area (Å²) >= 11 is 0. The van der Waals surface area contributed by atoms with E-state index < -0.39 is 0 Å². The zero-order chi connectivity index (χ0) is 13.0. The van der Waals surface area contributed by atoms with Crippen molar-refractivity contribution in [2.75, 3.05) is 7.11 Å². The van der Waals surface area contributed by atoms with Crippen molar-refractivity contribution in [3.05, 3.63) is 65.8 Å². The summed E-state index contributed by atoms with van der Waals surface area (Å²) in [7, 11) is 1.69. The van der Waals surface area contributed by atoms with Gasteiger partial charge in [-0.1, -0.05) is 49.4 Å². The molecule has 0 N–H and O–H groups in total. The summed E-state index contributed by atoms with van der Waals surface area (Å²) in [6, 6.07) is 8.29. The molecule has 0 saturated carbocycles. The van der Waals surface area contributed by atoms with Crippen molar-refractivity contribution in [1.82, 2.24) is 0 Å². The van der Waals surface area contributed by atoms with Gasteiger partial charge in [0, 0.05) is 5.41 Å². The number of methoxy groups -OCH3 is 1. The summed E-state index contributed by atoms with van der Waals surface area (Å²) in [5.74, 6) is 0.899. The molecule has 0 heterocycles. The van der Waals surface area contributed by atoms with Crippen LogP contribution in [0.2, 0.25) is 0 Å². The van der Waals surface area contributed by atoms with E-state index in [4.69, 9.17) is 4.74 Å². The van der Waals surface area contributed by atoms with E-state index in [1.165, 1.54) is 11.1 Å². The lowest BCUT2D eigenvalue weighted by atomic mass is 9.82. The van der Waals surface area contributed by atoms with Crippen LogP contribution in [-0.2, 0) is 5.41 Å². The molecular formula is C17H20O. The minimum Gasteiger partial charge on any atom is -0.497 e. The molecule has 0 aliphatic heterocycles. The van der Waals surface area contributed by atoms with Crippen molar-refractivity contribution in [3.8, 4) is 5.75 Å². The molecule has 94 valence electrons. The van der Waals surface area contributed by atoms with E-state index in [0.717, 1.165) is 12.2 Å². The molecule has 1 aliphatic rings. The van der Waals surface area contributed by atoms with Crippen molar-refractivity contribution in [2.24, 2.45) is 0 Å². The quantitative estimate of drug-likeness (QED) is 0.760. The lowest BCUT2D eigenvalue weighted by Crippen LogP contribution is -2.15. The number of hydrogen-bond donors (Lipinski definition) is 0. The Morgan fingerprint density at radius 3 is 2.44 bits per heavy atom. The molecule has 1 aromatic carbocycles. The molecule has 1 heteroatoms. The maximum Gasteiger partial charge on any atom is 0.118 e. The highest BCUT2D eigenvalue weighted by atomic mass is 16.5. The number of benzene rings is 1. The summed E-state index contributed by atoms with van der Waals surface area (Å²) < 4.78 is 5.20. The first-order valence-electron chi connectivity index (χ1n) is 6.40. The average Bonchev–Trinajstić information content (AvgIpc) is 2.61. The van der Waals surface area contributed by atoms with Crippen molar-refractivity contribution in [2.45, 2.75) is 25.7 Å². The molecule has 0 saturated heterocycles. The maximum atomic E-state index is 5.20. The maximum absolute atomic E-state index is 5.20. The van der Waals surface area contributed by atoms with E-state index in [1.807, 2.05) is 12.1 Å². The number of allylic oxidation sites excluding steroid dienone is 6. The Morgan fingerprint density at radius 2 is 1.83 bits per heavy atom. The van der Waals surface area contributed by atoms with Crippen molar-refractivity contribution in [1.29, 1.82) is 0 Å². The van der Waals surface area contributed by atoms with Gasteiger partial charge in [-0.25, -0.2) is 0 Å². The summed E-state index contributed by atoms with van der Waals surface area (Å²) in [6.07, 6.45) is 12.2. The summed E-state index contributed by atoms with van der Waals surface area (Å²) in [6.45, 7) is 4.41. The molecule has 1 nitrogen and oxygen atoms in total. The minimum absolute atomic E-state index is 0.0420. The Kier molecular flexibility index (Phi) is 3.71. The van der Waals surface area contributed by atoms with Crippen LogP contribution < -0.4 is 4.74 Å². The fourth-order valence-corrected chi connectivity index (χ4v) is 2.14. The van der Waals surface area contributed by atoms with Crippen LogP contribution in [0.15, 0.2) is 60.2 Å². The van der Waals surface area contributed by atoms with E-state index in [2.05, 4.69) is 56.4 Å². The van der Waals surface area contributed by atoms with Gasteiger partial charge in [-0.2, -0.15) is 0 Å². The van der Waals surface area contributed by atoms with Gasteiger partial charge in [-0.3, -0.25) is 0 Å². The molecule has 1 atom stereocenters. The predicted octanol–water partition coefficient (Wildman–Crippen LogP) is 4.42. The van der Waals surface area contributed by atoms with E-state index >= 15 is 0 Å². The van der Waals surface area contributed by atoms with Gasteiger partial charge < -0.3 is 4.74 Å². The van der Waals surface area contributed by atoms with Crippen LogP contribution in [0.1, 0.15) is 25.8 Å². The van der Waals surface area contributed by atoms with Crippen LogP contribution in [0, 0.1) is 0 Å². The Labute approximate surface area is 109 Å². The molecule has 18 heavy (non-hydrogen) atoms. The second-order valence-corrected chi connectivity index (χ2v) is 4.80. The van der Waals surface area contributed by atoms with Crippen LogP contribution in [0.25, 0.3) is 0 Å². The third kappa shape index (κ3) is 2.56. The van der Waals surface area contributed by atoms with Gasteiger partial charge in [0.05, 0.1) is 7.11 Å². The fraction of sp³-hybridized carbons (Fsp3) is 0.294. The van der Waals surface area contributed by atoms with Crippen molar-refractivity contribution < 1.29 is 4.74 Å². The normalized spacial score (nSPS) is 22.5. The Morgan fingerprint density at radius 1 is 1.11 bits per heavy atom. The largest absolute Gasteiger partial charge is 0.497 e. The fourth-order valence-electron chi connectivity index (χ4n) is 2.14. The lowest BCUT2D eigenvalue weighted by molar-refractivity contribution is 0.414. The van der Waals surface area contributed by atoms with Gasteiger partial charge in [0.1, 0.15) is 5.75 Å². The molecule has 0 amide bonds. The van der Waals surface area contributed by atoms with Crippen molar-refractivity contribution in [3.63, 3.8) is 0 Å². The monoisotopic (exact) mass is 240 g/mol. The number of rotatable bonds is 3. The molecule has 0 spiro atoms. The first kappa shape index (κ1) is 12.7. The van der Waals surface area contributed by atoms with Crippen LogP contribution in [0.5, 0.6) is 5.75 Å². The SMILES string of the molecule is CCC1=CC=CC(C)(c2ccc(OC)cc2)C=C1. The van der Waals surface area contributed by atoms with Crippen LogP contribution in [-0.4, -0.2) is 7.11 Å². The summed E-state index contributed by atoms with van der Waals surface area (Å²) in [5, 5.41) is 0. The van der Waals surface area contributed by atoms with Gasteiger partial charge in [0.25, 0.3) is 0 Å². The van der Waals surface area contributed by atoms with Crippen molar-refractivity contribution >= 4 is 0 Å². The highest BCUT2D eigenvalue weighted by Gasteiger charge is 2.20. The molecule has 1 unspecified atom stereocenters. The zero-order valence-corrected chi connectivity index (χ0v) is 11.3. The molecule has 1 aliphatic carbocycles. The highest BCUT2D eigenvalue weighted by molar-refractivity contribution is 5.43. The lowest BCUT2D eigenvalue weighted by Gasteiger charge is -2.22. The molecule has 0 aromatic heterocycles.